The van der Waals surface area contributed by atoms with E-state index in [4.69, 9.17) is 10.00 Å². The molecule has 1 saturated heterocycles. The fourth-order valence-corrected chi connectivity index (χ4v) is 3.34. The van der Waals surface area contributed by atoms with Crippen molar-refractivity contribution in [3.63, 3.8) is 0 Å². The Kier molecular flexibility index (Phi) is 3.75. The SMILES string of the molecule is CC(C)(C)OC(=O)N1CCC2(CC1)CC(CC#N)C2. The Morgan fingerprint density at radius 1 is 1.37 bits per heavy atom. The lowest BCUT2D eigenvalue weighted by atomic mass is 9.57. The molecular formula is C15H24N2O2. The number of carbonyl (C=O) groups is 1. The molecule has 0 aromatic heterocycles. The van der Waals surface area contributed by atoms with Gasteiger partial charge >= 0.3 is 6.09 Å². The quantitative estimate of drug-likeness (QED) is 0.730. The third kappa shape index (κ3) is 3.40. The van der Waals surface area contributed by atoms with Crippen LogP contribution in [0.1, 0.15) is 52.9 Å². The second-order valence-corrected chi connectivity index (χ2v) is 7.10. The van der Waals surface area contributed by atoms with Crippen molar-refractivity contribution in [3.05, 3.63) is 0 Å². The Labute approximate surface area is 115 Å². The highest BCUT2D eigenvalue weighted by Gasteiger charge is 2.46. The van der Waals surface area contributed by atoms with Gasteiger partial charge in [-0.05, 0) is 57.8 Å². The van der Waals surface area contributed by atoms with Gasteiger partial charge in [-0.25, -0.2) is 4.79 Å². The number of likely N-dealkylation sites (tertiary alicyclic amines) is 1. The minimum absolute atomic E-state index is 0.185. The first kappa shape index (κ1) is 14.2. The van der Waals surface area contributed by atoms with Gasteiger partial charge in [-0.15, -0.1) is 0 Å². The highest BCUT2D eigenvalue weighted by molar-refractivity contribution is 5.68. The summed E-state index contributed by atoms with van der Waals surface area (Å²) in [6, 6.07) is 2.26. The Balaban J connectivity index is 1.78. The molecule has 0 unspecified atom stereocenters. The number of ether oxygens (including phenoxy) is 1. The molecule has 1 spiro atoms. The average molecular weight is 264 g/mol. The first-order valence-corrected chi connectivity index (χ1v) is 7.18. The van der Waals surface area contributed by atoms with Crippen LogP contribution in [-0.2, 0) is 4.74 Å². The van der Waals surface area contributed by atoms with E-state index >= 15 is 0 Å². The van der Waals surface area contributed by atoms with Crippen LogP contribution < -0.4 is 0 Å². The van der Waals surface area contributed by atoms with E-state index in [1.165, 1.54) is 12.8 Å². The van der Waals surface area contributed by atoms with E-state index in [0.29, 0.717) is 17.8 Å². The number of carbonyl (C=O) groups excluding carboxylic acids is 1. The molecule has 1 amide bonds. The molecule has 2 rings (SSSR count). The molecule has 2 aliphatic rings. The van der Waals surface area contributed by atoms with Crippen LogP contribution in [0.15, 0.2) is 0 Å². The van der Waals surface area contributed by atoms with E-state index in [1.807, 2.05) is 25.7 Å². The summed E-state index contributed by atoms with van der Waals surface area (Å²) in [4.78, 5) is 13.8. The molecule has 19 heavy (non-hydrogen) atoms. The molecule has 0 N–H and O–H groups in total. The maximum Gasteiger partial charge on any atom is 0.410 e. The van der Waals surface area contributed by atoms with Crippen molar-refractivity contribution < 1.29 is 9.53 Å². The highest BCUT2D eigenvalue weighted by Crippen LogP contribution is 2.53. The normalized spacial score (nSPS) is 22.7. The van der Waals surface area contributed by atoms with Gasteiger partial charge < -0.3 is 9.64 Å². The van der Waals surface area contributed by atoms with E-state index in [1.54, 1.807) is 0 Å². The van der Waals surface area contributed by atoms with Gasteiger partial charge in [-0.2, -0.15) is 5.26 Å². The van der Waals surface area contributed by atoms with Crippen LogP contribution in [0.4, 0.5) is 4.79 Å². The van der Waals surface area contributed by atoms with E-state index < -0.39 is 5.60 Å². The van der Waals surface area contributed by atoms with Crippen molar-refractivity contribution in [1.29, 1.82) is 5.26 Å². The number of nitriles is 1. The summed E-state index contributed by atoms with van der Waals surface area (Å²) < 4.78 is 5.40. The lowest BCUT2D eigenvalue weighted by molar-refractivity contribution is -0.0260. The molecule has 0 aromatic rings. The predicted octanol–water partition coefficient (Wildman–Crippen LogP) is 3.33. The second kappa shape index (κ2) is 5.03. The molecule has 2 fully saturated rings. The van der Waals surface area contributed by atoms with Gasteiger partial charge in [0, 0.05) is 19.5 Å². The summed E-state index contributed by atoms with van der Waals surface area (Å²) in [5.74, 6) is 0.595. The fraction of sp³-hybridized carbons (Fsp3) is 0.867. The van der Waals surface area contributed by atoms with Crippen LogP contribution >= 0.6 is 0 Å². The van der Waals surface area contributed by atoms with Crippen LogP contribution in [0.5, 0.6) is 0 Å². The van der Waals surface area contributed by atoms with Gasteiger partial charge in [0.05, 0.1) is 6.07 Å². The zero-order chi connectivity index (χ0) is 14.1. The maximum absolute atomic E-state index is 12.0. The van der Waals surface area contributed by atoms with Crippen molar-refractivity contribution in [2.45, 2.75) is 58.5 Å². The smallest absolute Gasteiger partial charge is 0.410 e. The largest absolute Gasteiger partial charge is 0.444 e. The molecule has 0 aromatic carbocycles. The molecule has 106 valence electrons. The van der Waals surface area contributed by atoms with Crippen molar-refractivity contribution in [1.82, 2.24) is 4.90 Å². The van der Waals surface area contributed by atoms with E-state index in [2.05, 4.69) is 6.07 Å². The second-order valence-electron chi connectivity index (χ2n) is 7.10. The first-order valence-electron chi connectivity index (χ1n) is 7.18. The van der Waals surface area contributed by atoms with Gasteiger partial charge in [0.25, 0.3) is 0 Å². The zero-order valence-electron chi connectivity index (χ0n) is 12.2. The molecule has 1 aliphatic carbocycles. The minimum atomic E-state index is -0.416. The summed E-state index contributed by atoms with van der Waals surface area (Å²) in [5.41, 5.74) is 0.000602. The summed E-state index contributed by atoms with van der Waals surface area (Å²) in [6.45, 7) is 7.29. The topological polar surface area (TPSA) is 53.3 Å². The molecule has 0 radical (unpaired) electrons. The van der Waals surface area contributed by atoms with E-state index in [-0.39, 0.29) is 6.09 Å². The minimum Gasteiger partial charge on any atom is -0.444 e. The number of piperidine rings is 1. The molecule has 4 heteroatoms. The number of rotatable bonds is 1. The number of amides is 1. The predicted molar refractivity (Wildman–Crippen MR) is 72.4 cm³/mol. The summed E-state index contributed by atoms with van der Waals surface area (Å²) in [7, 11) is 0. The molecule has 4 nitrogen and oxygen atoms in total. The molecule has 1 heterocycles. The summed E-state index contributed by atoms with van der Waals surface area (Å²) in [6.07, 6.45) is 4.97. The van der Waals surface area contributed by atoms with Crippen LogP contribution in [0, 0.1) is 22.7 Å². The van der Waals surface area contributed by atoms with Gasteiger partial charge in [-0.1, -0.05) is 0 Å². The third-order valence-electron chi connectivity index (χ3n) is 4.30. The molecule has 1 saturated carbocycles. The lowest BCUT2D eigenvalue weighted by Gasteiger charge is -2.51. The summed E-state index contributed by atoms with van der Waals surface area (Å²) in [5, 5.41) is 8.69. The number of nitrogens with zero attached hydrogens (tertiary/aromatic N) is 2. The Bertz CT molecular complexity index is 376. The zero-order valence-corrected chi connectivity index (χ0v) is 12.2. The average Bonchev–Trinajstić information content (AvgIpc) is 2.26. The standard InChI is InChI=1S/C15H24N2O2/c1-14(2,3)19-13(18)17-8-5-15(6-9-17)10-12(11-15)4-7-16/h12H,4-6,8-11H2,1-3H3. The van der Waals surface area contributed by atoms with Gasteiger partial charge in [0.15, 0.2) is 0 Å². The van der Waals surface area contributed by atoms with Crippen molar-refractivity contribution in [3.8, 4) is 6.07 Å². The van der Waals surface area contributed by atoms with Gasteiger partial charge in [0.2, 0.25) is 0 Å². The lowest BCUT2D eigenvalue weighted by Crippen LogP contribution is -2.49. The van der Waals surface area contributed by atoms with Gasteiger partial charge in [0.1, 0.15) is 5.60 Å². The molecule has 0 bridgehead atoms. The van der Waals surface area contributed by atoms with Crippen molar-refractivity contribution >= 4 is 6.09 Å². The summed E-state index contributed by atoms with van der Waals surface area (Å²) >= 11 is 0. The third-order valence-corrected chi connectivity index (χ3v) is 4.30. The van der Waals surface area contributed by atoms with Gasteiger partial charge in [-0.3, -0.25) is 0 Å². The molecule has 0 atom stereocenters. The maximum atomic E-state index is 12.0. The molecule has 1 aliphatic heterocycles. The Morgan fingerprint density at radius 3 is 2.42 bits per heavy atom. The monoisotopic (exact) mass is 264 g/mol. The highest BCUT2D eigenvalue weighted by atomic mass is 16.6. The van der Waals surface area contributed by atoms with Crippen molar-refractivity contribution in [2.24, 2.45) is 11.3 Å². The number of hydrogen-bond donors (Lipinski definition) is 0. The van der Waals surface area contributed by atoms with Crippen LogP contribution in [0.2, 0.25) is 0 Å². The Hall–Kier alpha value is -1.24. The van der Waals surface area contributed by atoms with Crippen LogP contribution in [-0.4, -0.2) is 29.7 Å². The fourth-order valence-electron chi connectivity index (χ4n) is 3.34. The van der Waals surface area contributed by atoms with E-state index in [9.17, 15) is 4.79 Å². The number of hydrogen-bond acceptors (Lipinski definition) is 3. The molecular weight excluding hydrogens is 240 g/mol. The van der Waals surface area contributed by atoms with Crippen LogP contribution in [0.25, 0.3) is 0 Å². The van der Waals surface area contributed by atoms with E-state index in [0.717, 1.165) is 25.9 Å². The Morgan fingerprint density at radius 2 is 1.95 bits per heavy atom. The van der Waals surface area contributed by atoms with Crippen LogP contribution in [0.3, 0.4) is 0 Å². The first-order chi connectivity index (χ1) is 8.84. The van der Waals surface area contributed by atoms with Crippen molar-refractivity contribution in [2.75, 3.05) is 13.1 Å².